The predicted octanol–water partition coefficient (Wildman–Crippen LogP) is 1.95. The van der Waals surface area contributed by atoms with E-state index in [0.717, 1.165) is 24.2 Å². The number of ether oxygens (including phenoxy) is 2. The number of hydrogen-bond acceptors (Lipinski definition) is 6. The Morgan fingerprint density at radius 3 is 2.44 bits per heavy atom. The van der Waals surface area contributed by atoms with Crippen LogP contribution in [0.15, 0.2) is 54.6 Å². The smallest absolute Gasteiger partial charge is 0.318 e. The van der Waals surface area contributed by atoms with Crippen LogP contribution in [0.5, 0.6) is 5.75 Å². The molecule has 0 radical (unpaired) electrons. The fraction of sp³-hybridized carbons (Fsp3) is 0.444. The Hall–Kier alpha value is -3.59. The number of carbonyl (C=O) groups is 3. The highest BCUT2D eigenvalue weighted by Crippen LogP contribution is 2.28. The van der Waals surface area contributed by atoms with E-state index < -0.39 is 24.3 Å². The minimum absolute atomic E-state index is 0.194. The first kappa shape index (κ1) is 25.5. The van der Waals surface area contributed by atoms with Crippen LogP contribution in [0.25, 0.3) is 0 Å². The van der Waals surface area contributed by atoms with Gasteiger partial charge in [0.05, 0.1) is 0 Å². The maximum atomic E-state index is 13.6. The number of hydrogen-bond donors (Lipinski definition) is 2. The molecule has 0 bridgehead atoms. The Morgan fingerprint density at radius 1 is 1.03 bits per heavy atom. The first-order valence-corrected chi connectivity index (χ1v) is 12.4. The number of esters is 1. The lowest BCUT2D eigenvalue weighted by Gasteiger charge is -2.35. The molecule has 2 aliphatic rings. The molecule has 2 aromatic carbocycles. The average Bonchev–Trinajstić information content (AvgIpc) is 2.89. The molecule has 2 N–H and O–H groups in total. The molecule has 0 saturated carbocycles. The van der Waals surface area contributed by atoms with Crippen molar-refractivity contribution < 1.29 is 23.9 Å². The molecule has 9 heteroatoms. The molecule has 4 rings (SSSR count). The predicted molar refractivity (Wildman–Crippen MR) is 134 cm³/mol. The van der Waals surface area contributed by atoms with Crippen LogP contribution >= 0.6 is 0 Å². The number of rotatable bonds is 7. The molecule has 1 saturated heterocycles. The first-order chi connectivity index (χ1) is 17.4. The third-order valence-electron chi connectivity index (χ3n) is 6.54. The maximum Gasteiger partial charge on any atom is 0.318 e. The van der Waals surface area contributed by atoms with Crippen LogP contribution in [0.1, 0.15) is 24.5 Å². The van der Waals surface area contributed by atoms with Crippen molar-refractivity contribution in [3.63, 3.8) is 0 Å². The lowest BCUT2D eigenvalue weighted by molar-refractivity contribution is -0.170. The second-order valence-electron chi connectivity index (χ2n) is 9.24. The maximum absolute atomic E-state index is 13.6. The summed E-state index contributed by atoms with van der Waals surface area (Å²) < 4.78 is 11.5. The second kappa shape index (κ2) is 11.9. The molecule has 2 aromatic rings. The van der Waals surface area contributed by atoms with E-state index in [9.17, 15) is 14.4 Å². The molecule has 0 aromatic heterocycles. The second-order valence-corrected chi connectivity index (χ2v) is 9.24. The lowest BCUT2D eigenvalue weighted by Crippen LogP contribution is -2.59. The van der Waals surface area contributed by atoms with Gasteiger partial charge in [0.2, 0.25) is 5.91 Å². The van der Waals surface area contributed by atoms with Crippen LogP contribution in [0, 0.1) is 0 Å². The summed E-state index contributed by atoms with van der Waals surface area (Å²) in [6.07, 6.45) is 0.00549. The normalized spacial score (nSPS) is 20.4. The van der Waals surface area contributed by atoms with Crippen molar-refractivity contribution in [1.82, 2.24) is 20.4 Å². The zero-order valence-corrected chi connectivity index (χ0v) is 20.8. The van der Waals surface area contributed by atoms with Crippen LogP contribution in [-0.4, -0.2) is 79.3 Å². The molecule has 2 heterocycles. The number of nitrogens with one attached hydrogen (secondary N) is 2. The number of para-hydroxylation sites is 1. The Bertz CT molecular complexity index is 1060. The zero-order chi connectivity index (χ0) is 25.5. The van der Waals surface area contributed by atoms with E-state index in [2.05, 4.69) is 15.5 Å². The SMILES string of the molecule is CCC(=O)OC1Oc2ccccc2C[C@@H]1NC(=O)[C@H](Cc1ccccc1)NC(=O)N1CCN(C)CC1. The van der Waals surface area contributed by atoms with Gasteiger partial charge < -0.3 is 29.9 Å². The van der Waals surface area contributed by atoms with Gasteiger partial charge in [-0.05, 0) is 24.2 Å². The molecule has 0 aliphatic carbocycles. The van der Waals surface area contributed by atoms with Crippen molar-refractivity contribution in [2.45, 2.75) is 44.6 Å². The van der Waals surface area contributed by atoms with Gasteiger partial charge in [0.15, 0.2) is 0 Å². The third kappa shape index (κ3) is 6.54. The number of urea groups is 1. The van der Waals surface area contributed by atoms with Crippen molar-refractivity contribution in [3.05, 3.63) is 65.7 Å². The number of amides is 3. The third-order valence-corrected chi connectivity index (χ3v) is 6.54. The minimum atomic E-state index is -0.956. The number of benzene rings is 2. The van der Waals surface area contributed by atoms with Crippen LogP contribution in [0.4, 0.5) is 4.79 Å². The highest BCUT2D eigenvalue weighted by Gasteiger charge is 2.36. The fourth-order valence-electron chi connectivity index (χ4n) is 4.36. The summed E-state index contributed by atoms with van der Waals surface area (Å²) in [5, 5.41) is 5.93. The molecule has 1 fully saturated rings. The number of fused-ring (bicyclic) bond motifs is 1. The average molecular weight is 495 g/mol. The van der Waals surface area contributed by atoms with E-state index in [-0.39, 0.29) is 18.4 Å². The lowest BCUT2D eigenvalue weighted by atomic mass is 10.00. The van der Waals surface area contributed by atoms with Crippen LogP contribution in [0.2, 0.25) is 0 Å². The molecule has 3 amide bonds. The van der Waals surface area contributed by atoms with Crippen LogP contribution in [0.3, 0.4) is 0 Å². The quantitative estimate of drug-likeness (QED) is 0.571. The summed E-state index contributed by atoms with van der Waals surface area (Å²) in [5.41, 5.74) is 1.84. The molecule has 192 valence electrons. The van der Waals surface area contributed by atoms with Crippen molar-refractivity contribution >= 4 is 17.9 Å². The molecule has 0 spiro atoms. The van der Waals surface area contributed by atoms with Gasteiger partial charge in [0.25, 0.3) is 6.29 Å². The van der Waals surface area contributed by atoms with Gasteiger partial charge in [-0.15, -0.1) is 0 Å². The van der Waals surface area contributed by atoms with Gasteiger partial charge in [0, 0.05) is 45.4 Å². The van der Waals surface area contributed by atoms with Gasteiger partial charge in [0.1, 0.15) is 17.8 Å². The Kier molecular flexibility index (Phi) is 8.43. The van der Waals surface area contributed by atoms with Gasteiger partial charge in [-0.25, -0.2) is 4.79 Å². The van der Waals surface area contributed by atoms with Crippen molar-refractivity contribution in [1.29, 1.82) is 0 Å². The topological polar surface area (TPSA) is 100 Å². The number of piperazine rings is 1. The summed E-state index contributed by atoms with van der Waals surface area (Å²) in [6.45, 7) is 4.48. The van der Waals surface area contributed by atoms with Gasteiger partial charge in [-0.1, -0.05) is 55.5 Å². The number of carbonyl (C=O) groups excluding carboxylic acids is 3. The van der Waals surface area contributed by atoms with E-state index >= 15 is 0 Å². The summed E-state index contributed by atoms with van der Waals surface area (Å²) in [6, 6.07) is 15.4. The van der Waals surface area contributed by atoms with Crippen molar-refractivity contribution in [3.8, 4) is 5.75 Å². The highest BCUT2D eigenvalue weighted by atomic mass is 16.7. The van der Waals surface area contributed by atoms with E-state index in [1.807, 2.05) is 61.6 Å². The molecular weight excluding hydrogens is 460 g/mol. The summed E-state index contributed by atoms with van der Waals surface area (Å²) in [4.78, 5) is 42.5. The standard InChI is InChI=1S/C27H34N4O5/c1-3-24(32)36-26-22(18-20-11-7-8-12-23(20)35-26)28-25(33)21(17-19-9-5-4-6-10-19)29-27(34)31-15-13-30(2)14-16-31/h4-12,21-22,26H,3,13-18H2,1-2H3,(H,28,33)(H,29,34)/t21-,22-,26?/m0/s1. The molecule has 3 atom stereocenters. The molecule has 36 heavy (non-hydrogen) atoms. The molecule has 1 unspecified atom stereocenters. The summed E-state index contributed by atoms with van der Waals surface area (Å²) in [5.74, 6) is -0.143. The van der Waals surface area contributed by atoms with Gasteiger partial charge >= 0.3 is 12.0 Å². The molecular formula is C27H34N4O5. The first-order valence-electron chi connectivity index (χ1n) is 12.4. The Morgan fingerprint density at radius 2 is 1.72 bits per heavy atom. The van der Waals surface area contributed by atoms with Crippen molar-refractivity contribution in [2.24, 2.45) is 0 Å². The largest absolute Gasteiger partial charge is 0.452 e. The fourth-order valence-corrected chi connectivity index (χ4v) is 4.36. The van der Waals surface area contributed by atoms with E-state index in [1.165, 1.54) is 0 Å². The number of likely N-dealkylation sites (N-methyl/N-ethyl adjacent to an activating group) is 1. The van der Waals surface area contributed by atoms with E-state index in [4.69, 9.17) is 9.47 Å². The monoisotopic (exact) mass is 494 g/mol. The van der Waals surface area contributed by atoms with Gasteiger partial charge in [-0.3, -0.25) is 9.59 Å². The molecule has 2 aliphatic heterocycles. The van der Waals surface area contributed by atoms with E-state index in [1.54, 1.807) is 11.8 Å². The van der Waals surface area contributed by atoms with Crippen LogP contribution in [-0.2, 0) is 27.2 Å². The Labute approximate surface area is 211 Å². The van der Waals surface area contributed by atoms with Crippen LogP contribution < -0.4 is 15.4 Å². The number of nitrogens with zero attached hydrogens (tertiary/aromatic N) is 2. The van der Waals surface area contributed by atoms with Gasteiger partial charge in [-0.2, -0.15) is 0 Å². The van der Waals surface area contributed by atoms with Crippen molar-refractivity contribution in [2.75, 3.05) is 33.2 Å². The minimum Gasteiger partial charge on any atom is -0.452 e. The highest BCUT2D eigenvalue weighted by molar-refractivity contribution is 5.87. The summed E-state index contributed by atoms with van der Waals surface area (Å²) >= 11 is 0. The summed E-state index contributed by atoms with van der Waals surface area (Å²) in [7, 11) is 2.02. The zero-order valence-electron chi connectivity index (χ0n) is 20.8. The van der Waals surface area contributed by atoms with E-state index in [0.29, 0.717) is 31.7 Å². The molecule has 9 nitrogen and oxygen atoms in total. The Balaban J connectivity index is 1.50.